The van der Waals surface area contributed by atoms with Crippen LogP contribution >= 0.6 is 7.82 Å². The molecule has 0 aliphatic carbocycles. The average Bonchev–Trinajstić information content (AvgIpc) is 2.66. The third-order valence-electron chi connectivity index (χ3n) is 4.70. The smallest absolute Gasteiger partial charge is 0.404 e. The number of aryl methyl sites for hydroxylation is 2. The summed E-state index contributed by atoms with van der Waals surface area (Å²) in [6.45, 7) is 3.88. The molecule has 0 saturated carbocycles. The number of benzene rings is 2. The van der Waals surface area contributed by atoms with Gasteiger partial charge in [-0.15, -0.1) is 0 Å². The maximum atomic E-state index is 12.5. The second-order valence-corrected chi connectivity index (χ2v) is 8.39. The Balaban J connectivity index is 1.91. The number of hydrogen-bond donors (Lipinski definition) is 3. The van der Waals surface area contributed by atoms with E-state index in [0.29, 0.717) is 16.8 Å². The highest BCUT2D eigenvalue weighted by Gasteiger charge is 2.18. The highest BCUT2D eigenvalue weighted by molar-refractivity contribution is 7.46. The lowest BCUT2D eigenvalue weighted by Gasteiger charge is -2.12. The van der Waals surface area contributed by atoms with Gasteiger partial charge in [0, 0.05) is 17.3 Å². The number of phosphoric ester groups is 1. The molecule has 0 aliphatic rings. The Labute approximate surface area is 172 Å². The predicted molar refractivity (Wildman–Crippen MR) is 115 cm³/mol. The van der Waals surface area contributed by atoms with Crippen LogP contribution in [-0.2, 0) is 11.0 Å². The normalized spacial score (nSPS) is 11.3. The quantitative estimate of drug-likeness (QED) is 0.324. The molecule has 2 aromatic rings. The zero-order valence-electron chi connectivity index (χ0n) is 17.1. The molecule has 0 bridgehead atoms. The van der Waals surface area contributed by atoms with Crippen LogP contribution in [-0.4, -0.2) is 15.7 Å². The molecule has 7 heteroatoms. The van der Waals surface area contributed by atoms with Gasteiger partial charge < -0.3 is 9.84 Å². The summed E-state index contributed by atoms with van der Waals surface area (Å²) in [5.74, 6) is -0.257. The number of hydrogen-bond acceptors (Lipinski definition) is 3. The first-order chi connectivity index (χ1) is 13.8. The molecule has 0 aromatic heterocycles. The SMILES string of the molecule is CCCCCCCCc1ccc(C(=O)Nc2ccc(C)c(OP(=O)(O)O)c2)cc1. The second-order valence-electron chi connectivity index (χ2n) is 7.23. The number of carbonyl (C=O) groups excluding carboxylic acids is 1. The zero-order chi connectivity index (χ0) is 21.3. The first-order valence-corrected chi connectivity index (χ1v) is 11.6. The lowest BCUT2D eigenvalue weighted by molar-refractivity contribution is 0.102. The van der Waals surface area contributed by atoms with Crippen LogP contribution in [0.4, 0.5) is 5.69 Å². The minimum Gasteiger partial charge on any atom is -0.404 e. The fourth-order valence-corrected chi connectivity index (χ4v) is 3.49. The minimum absolute atomic E-state index is 0.0328. The molecule has 0 fully saturated rings. The van der Waals surface area contributed by atoms with E-state index in [1.807, 2.05) is 12.1 Å². The van der Waals surface area contributed by atoms with Gasteiger partial charge >= 0.3 is 7.82 Å². The molecule has 6 nitrogen and oxygen atoms in total. The molecule has 158 valence electrons. The van der Waals surface area contributed by atoms with Gasteiger partial charge in [-0.2, -0.15) is 0 Å². The van der Waals surface area contributed by atoms with Crippen molar-refractivity contribution in [3.05, 3.63) is 59.2 Å². The third kappa shape index (κ3) is 8.40. The van der Waals surface area contributed by atoms with Crippen molar-refractivity contribution in [2.45, 2.75) is 58.8 Å². The summed E-state index contributed by atoms with van der Waals surface area (Å²) in [7, 11) is -4.66. The second kappa shape index (κ2) is 11.1. The highest BCUT2D eigenvalue weighted by atomic mass is 31.2. The number of anilines is 1. The van der Waals surface area contributed by atoms with Crippen molar-refractivity contribution in [1.82, 2.24) is 0 Å². The first-order valence-electron chi connectivity index (χ1n) is 10.0. The van der Waals surface area contributed by atoms with E-state index in [2.05, 4.69) is 16.8 Å². The maximum Gasteiger partial charge on any atom is 0.524 e. The van der Waals surface area contributed by atoms with E-state index in [4.69, 9.17) is 9.79 Å². The number of rotatable bonds is 11. The van der Waals surface area contributed by atoms with Gasteiger partial charge in [-0.25, -0.2) is 4.57 Å². The van der Waals surface area contributed by atoms with Gasteiger partial charge in [0.05, 0.1) is 0 Å². The molecule has 2 rings (SSSR count). The molecular formula is C22H30NO5P. The van der Waals surface area contributed by atoms with Crippen LogP contribution in [0.1, 0.15) is 66.9 Å². The van der Waals surface area contributed by atoms with E-state index in [9.17, 15) is 9.36 Å². The largest absolute Gasteiger partial charge is 0.524 e. The Morgan fingerprint density at radius 3 is 2.31 bits per heavy atom. The van der Waals surface area contributed by atoms with Crippen molar-refractivity contribution < 1.29 is 23.7 Å². The Hall–Kier alpha value is -2.14. The van der Waals surface area contributed by atoms with Gasteiger partial charge in [0.15, 0.2) is 0 Å². The lowest BCUT2D eigenvalue weighted by atomic mass is 10.0. The fraction of sp³-hybridized carbons (Fsp3) is 0.409. The van der Waals surface area contributed by atoms with Crippen LogP contribution in [0.5, 0.6) is 5.75 Å². The van der Waals surface area contributed by atoms with Gasteiger partial charge in [-0.1, -0.05) is 57.2 Å². The summed E-state index contributed by atoms with van der Waals surface area (Å²) in [5.41, 5.74) is 2.70. The van der Waals surface area contributed by atoms with E-state index in [-0.39, 0.29) is 11.7 Å². The molecule has 0 heterocycles. The van der Waals surface area contributed by atoms with Gasteiger partial charge in [-0.05, 0) is 49.1 Å². The third-order valence-corrected chi connectivity index (χ3v) is 5.13. The van der Waals surface area contributed by atoms with Crippen molar-refractivity contribution in [2.24, 2.45) is 0 Å². The van der Waals surface area contributed by atoms with Gasteiger partial charge in [0.1, 0.15) is 5.75 Å². The Morgan fingerprint density at radius 2 is 1.66 bits per heavy atom. The molecule has 1 amide bonds. The van der Waals surface area contributed by atoms with Crippen LogP contribution in [0, 0.1) is 6.92 Å². The van der Waals surface area contributed by atoms with Crippen molar-refractivity contribution >= 4 is 19.4 Å². The highest BCUT2D eigenvalue weighted by Crippen LogP contribution is 2.39. The van der Waals surface area contributed by atoms with Gasteiger partial charge in [0.25, 0.3) is 5.91 Å². The monoisotopic (exact) mass is 419 g/mol. The molecule has 0 atom stereocenters. The average molecular weight is 419 g/mol. The molecular weight excluding hydrogens is 389 g/mol. The molecule has 0 radical (unpaired) electrons. The lowest BCUT2D eigenvalue weighted by Crippen LogP contribution is -2.12. The van der Waals surface area contributed by atoms with Crippen molar-refractivity contribution in [1.29, 1.82) is 0 Å². The number of amides is 1. The number of unbranched alkanes of at least 4 members (excludes halogenated alkanes) is 5. The summed E-state index contributed by atoms with van der Waals surface area (Å²) in [6.07, 6.45) is 8.53. The van der Waals surface area contributed by atoms with Gasteiger partial charge in [-0.3, -0.25) is 14.6 Å². The summed E-state index contributed by atoms with van der Waals surface area (Å²) in [5, 5.41) is 2.73. The molecule has 0 aliphatic heterocycles. The van der Waals surface area contributed by atoms with Crippen LogP contribution < -0.4 is 9.84 Å². The van der Waals surface area contributed by atoms with Crippen LogP contribution in [0.2, 0.25) is 0 Å². The summed E-state index contributed by atoms with van der Waals surface area (Å²) in [6, 6.07) is 12.2. The topological polar surface area (TPSA) is 95.9 Å². The zero-order valence-corrected chi connectivity index (χ0v) is 18.0. The molecule has 0 spiro atoms. The minimum atomic E-state index is -4.66. The number of phosphoric acid groups is 1. The Bertz CT molecular complexity index is 845. The van der Waals surface area contributed by atoms with Crippen molar-refractivity contribution in [3.63, 3.8) is 0 Å². The summed E-state index contributed by atoms with van der Waals surface area (Å²) < 4.78 is 15.7. The van der Waals surface area contributed by atoms with E-state index in [0.717, 1.165) is 12.8 Å². The summed E-state index contributed by atoms with van der Waals surface area (Å²) >= 11 is 0. The molecule has 29 heavy (non-hydrogen) atoms. The molecule has 0 saturated heterocycles. The predicted octanol–water partition coefficient (Wildman–Crippen LogP) is 5.62. The van der Waals surface area contributed by atoms with E-state index < -0.39 is 7.82 Å². The fourth-order valence-electron chi connectivity index (χ4n) is 3.04. The Kier molecular flexibility index (Phi) is 8.90. The summed E-state index contributed by atoms with van der Waals surface area (Å²) in [4.78, 5) is 30.4. The molecule has 0 unspecified atom stereocenters. The number of carbonyl (C=O) groups is 1. The van der Waals surface area contributed by atoms with Crippen molar-refractivity contribution in [3.8, 4) is 5.75 Å². The van der Waals surface area contributed by atoms with Gasteiger partial charge in [0.2, 0.25) is 0 Å². The number of nitrogens with one attached hydrogen (secondary N) is 1. The van der Waals surface area contributed by atoms with E-state index in [1.165, 1.54) is 43.7 Å². The van der Waals surface area contributed by atoms with Crippen LogP contribution in [0.25, 0.3) is 0 Å². The van der Waals surface area contributed by atoms with Crippen LogP contribution in [0.3, 0.4) is 0 Å². The standard InChI is InChI=1S/C22H30NO5P/c1-3-4-5-6-7-8-9-18-11-13-19(14-12-18)22(24)23-20-15-10-17(2)21(16-20)28-29(25,26)27/h10-16H,3-9H2,1-2H3,(H,23,24)(H2,25,26,27). The maximum absolute atomic E-state index is 12.5. The Morgan fingerprint density at radius 1 is 1.00 bits per heavy atom. The molecule has 3 N–H and O–H groups in total. The first kappa shape index (κ1) is 23.1. The van der Waals surface area contributed by atoms with Crippen molar-refractivity contribution in [2.75, 3.05) is 5.32 Å². The molecule has 2 aromatic carbocycles. The van der Waals surface area contributed by atoms with E-state index >= 15 is 0 Å². The van der Waals surface area contributed by atoms with E-state index in [1.54, 1.807) is 31.2 Å². The van der Waals surface area contributed by atoms with Crippen LogP contribution in [0.15, 0.2) is 42.5 Å².